The van der Waals surface area contributed by atoms with Crippen LogP contribution in [0.5, 0.6) is 11.5 Å². The van der Waals surface area contributed by atoms with E-state index in [4.69, 9.17) is 9.47 Å². The van der Waals surface area contributed by atoms with Crippen molar-refractivity contribution in [1.82, 2.24) is 14.9 Å². The molecule has 0 bridgehead atoms. The van der Waals surface area contributed by atoms with Crippen molar-refractivity contribution in [3.8, 4) is 11.5 Å². The molecule has 2 N–H and O–H groups in total. The minimum Gasteiger partial charge on any atom is -0.486 e. The van der Waals surface area contributed by atoms with Gasteiger partial charge in [-0.2, -0.15) is 0 Å². The van der Waals surface area contributed by atoms with Crippen LogP contribution in [0.4, 0.5) is 0 Å². The molecule has 144 valence electrons. The number of ether oxygens (including phenoxy) is 2. The number of sulfonamides is 1. The molecule has 1 saturated heterocycles. The van der Waals surface area contributed by atoms with Gasteiger partial charge < -0.3 is 14.8 Å². The average molecular weight is 383 g/mol. The van der Waals surface area contributed by atoms with E-state index in [1.54, 1.807) is 0 Å². The van der Waals surface area contributed by atoms with Crippen molar-refractivity contribution in [2.75, 3.05) is 39.9 Å². The summed E-state index contributed by atoms with van der Waals surface area (Å²) in [5.74, 6) is 0.208. The lowest BCUT2D eigenvalue weighted by Gasteiger charge is -2.24. The lowest BCUT2D eigenvalue weighted by Crippen LogP contribution is -2.40. The first-order chi connectivity index (χ1) is 12.5. The molecule has 2 aliphatic rings. The summed E-state index contributed by atoms with van der Waals surface area (Å²) in [4.78, 5) is 15.1. The number of likely N-dealkylation sites (tertiary alicyclic amines) is 1. The number of carbonyl (C=O) groups is 1. The Balaban J connectivity index is 1.85. The van der Waals surface area contributed by atoms with Gasteiger partial charge in [-0.3, -0.25) is 9.69 Å². The van der Waals surface area contributed by atoms with Crippen LogP contribution in [0.25, 0.3) is 0 Å². The molecule has 1 amide bonds. The highest BCUT2D eigenvalue weighted by atomic mass is 32.2. The second-order valence-electron chi connectivity index (χ2n) is 6.34. The largest absolute Gasteiger partial charge is 0.486 e. The lowest BCUT2D eigenvalue weighted by molar-refractivity contribution is 0.0930. The molecule has 26 heavy (non-hydrogen) atoms. The van der Waals surface area contributed by atoms with Crippen LogP contribution in [0, 0.1) is 0 Å². The zero-order valence-electron chi connectivity index (χ0n) is 15.1. The van der Waals surface area contributed by atoms with E-state index in [2.05, 4.69) is 21.9 Å². The quantitative estimate of drug-likeness (QED) is 0.746. The Morgan fingerprint density at radius 3 is 2.81 bits per heavy atom. The normalized spacial score (nSPS) is 20.2. The van der Waals surface area contributed by atoms with Gasteiger partial charge in [0.2, 0.25) is 10.0 Å². The van der Waals surface area contributed by atoms with Crippen LogP contribution in [0.3, 0.4) is 0 Å². The van der Waals surface area contributed by atoms with Crippen molar-refractivity contribution in [2.45, 2.75) is 30.7 Å². The summed E-state index contributed by atoms with van der Waals surface area (Å²) < 4.78 is 37.7. The molecule has 8 nitrogen and oxygen atoms in total. The van der Waals surface area contributed by atoms with E-state index >= 15 is 0 Å². The topological polar surface area (TPSA) is 97.0 Å². The monoisotopic (exact) mass is 383 g/mol. The zero-order valence-corrected chi connectivity index (χ0v) is 15.9. The van der Waals surface area contributed by atoms with Crippen molar-refractivity contribution in [2.24, 2.45) is 0 Å². The predicted molar refractivity (Wildman–Crippen MR) is 96.3 cm³/mol. The van der Waals surface area contributed by atoms with Gasteiger partial charge in [0.1, 0.15) is 13.2 Å². The third-order valence-electron chi connectivity index (χ3n) is 4.84. The van der Waals surface area contributed by atoms with Crippen molar-refractivity contribution in [1.29, 1.82) is 0 Å². The predicted octanol–water partition coefficient (Wildman–Crippen LogP) is 0.580. The molecular weight excluding hydrogens is 358 g/mol. The number of nitrogens with one attached hydrogen (secondary N) is 2. The first-order valence-electron chi connectivity index (χ1n) is 8.85. The number of carbonyl (C=O) groups excluding carboxylic acids is 1. The Labute approximate surface area is 153 Å². The van der Waals surface area contributed by atoms with Crippen LogP contribution < -0.4 is 19.5 Å². The van der Waals surface area contributed by atoms with E-state index in [1.165, 1.54) is 19.2 Å². The molecule has 1 fully saturated rings. The van der Waals surface area contributed by atoms with Crippen molar-refractivity contribution >= 4 is 15.9 Å². The molecule has 1 aromatic carbocycles. The second kappa shape index (κ2) is 7.81. The maximum atomic E-state index is 12.8. The van der Waals surface area contributed by atoms with Crippen LogP contribution in [-0.4, -0.2) is 65.2 Å². The highest BCUT2D eigenvalue weighted by Gasteiger charge is 2.28. The van der Waals surface area contributed by atoms with Crippen molar-refractivity contribution in [3.05, 3.63) is 17.7 Å². The minimum absolute atomic E-state index is 0.0227. The van der Waals surface area contributed by atoms with Gasteiger partial charge in [-0.05, 0) is 39.0 Å². The molecule has 9 heteroatoms. The number of amides is 1. The Hall–Kier alpha value is -1.84. The number of benzene rings is 1. The van der Waals surface area contributed by atoms with Gasteiger partial charge >= 0.3 is 0 Å². The first kappa shape index (κ1) is 18.9. The summed E-state index contributed by atoms with van der Waals surface area (Å²) in [6.07, 6.45) is 2.16. The van der Waals surface area contributed by atoms with Crippen LogP contribution in [0.15, 0.2) is 17.0 Å². The molecule has 1 unspecified atom stereocenters. The number of nitrogens with zero attached hydrogens (tertiary/aromatic N) is 1. The fraction of sp³-hybridized carbons (Fsp3) is 0.588. The SMILES string of the molecule is CCN1CCCC1CNC(=O)c1cc(S(=O)(=O)NC)cc2c1OCCO2. The Morgan fingerprint density at radius 1 is 1.31 bits per heavy atom. The van der Waals surface area contributed by atoms with Crippen LogP contribution in [0.1, 0.15) is 30.1 Å². The lowest BCUT2D eigenvalue weighted by atomic mass is 10.1. The van der Waals surface area contributed by atoms with Gasteiger partial charge in [0.15, 0.2) is 11.5 Å². The molecule has 0 aromatic heterocycles. The van der Waals surface area contributed by atoms with E-state index in [0.717, 1.165) is 25.9 Å². The highest BCUT2D eigenvalue weighted by Crippen LogP contribution is 2.36. The summed E-state index contributed by atoms with van der Waals surface area (Å²) in [6.45, 7) is 5.24. The zero-order chi connectivity index (χ0) is 18.7. The first-order valence-corrected chi connectivity index (χ1v) is 10.3. The number of hydrogen-bond acceptors (Lipinski definition) is 6. The Kier molecular flexibility index (Phi) is 5.69. The van der Waals surface area contributed by atoms with Gasteiger partial charge in [-0.25, -0.2) is 13.1 Å². The molecule has 1 atom stereocenters. The molecule has 0 radical (unpaired) electrons. The van der Waals surface area contributed by atoms with Crippen LogP contribution >= 0.6 is 0 Å². The minimum atomic E-state index is -3.70. The Bertz CT molecular complexity index is 781. The molecule has 0 spiro atoms. The van der Waals surface area contributed by atoms with E-state index < -0.39 is 10.0 Å². The summed E-state index contributed by atoms with van der Waals surface area (Å²) in [6, 6.07) is 3.02. The second-order valence-corrected chi connectivity index (χ2v) is 8.22. The van der Waals surface area contributed by atoms with Crippen LogP contribution in [-0.2, 0) is 10.0 Å². The van der Waals surface area contributed by atoms with Gasteiger partial charge in [0, 0.05) is 18.7 Å². The van der Waals surface area contributed by atoms with E-state index in [0.29, 0.717) is 31.5 Å². The van der Waals surface area contributed by atoms with E-state index in [1.807, 2.05) is 0 Å². The van der Waals surface area contributed by atoms with E-state index in [-0.39, 0.29) is 22.1 Å². The van der Waals surface area contributed by atoms with Crippen molar-refractivity contribution < 1.29 is 22.7 Å². The summed E-state index contributed by atoms with van der Waals surface area (Å²) >= 11 is 0. The van der Waals surface area contributed by atoms with Crippen LogP contribution in [0.2, 0.25) is 0 Å². The molecule has 2 heterocycles. The average Bonchev–Trinajstić information content (AvgIpc) is 3.12. The Morgan fingerprint density at radius 2 is 2.08 bits per heavy atom. The highest BCUT2D eigenvalue weighted by molar-refractivity contribution is 7.89. The fourth-order valence-corrected chi connectivity index (χ4v) is 4.19. The third kappa shape index (κ3) is 3.79. The number of fused-ring (bicyclic) bond motifs is 1. The number of hydrogen-bond donors (Lipinski definition) is 2. The standard InChI is InChI=1S/C17H25N3O5S/c1-3-20-6-4-5-12(20)11-19-17(21)14-9-13(26(22,23)18-2)10-15-16(14)25-8-7-24-15/h9-10,12,18H,3-8,11H2,1-2H3,(H,19,21). The third-order valence-corrected chi connectivity index (χ3v) is 6.24. The molecule has 3 rings (SSSR count). The molecule has 2 aliphatic heterocycles. The van der Waals surface area contributed by atoms with Gasteiger partial charge in [-0.1, -0.05) is 6.92 Å². The summed E-state index contributed by atoms with van der Waals surface area (Å²) in [5, 5.41) is 2.92. The summed E-state index contributed by atoms with van der Waals surface area (Å²) in [7, 11) is -2.38. The van der Waals surface area contributed by atoms with Gasteiger partial charge in [0.05, 0.1) is 10.5 Å². The van der Waals surface area contributed by atoms with Crippen molar-refractivity contribution in [3.63, 3.8) is 0 Å². The van der Waals surface area contributed by atoms with Gasteiger partial charge in [-0.15, -0.1) is 0 Å². The van der Waals surface area contributed by atoms with Gasteiger partial charge in [0.25, 0.3) is 5.91 Å². The summed E-state index contributed by atoms with van der Waals surface area (Å²) in [5.41, 5.74) is 0.178. The fourth-order valence-electron chi connectivity index (χ4n) is 3.42. The maximum absolute atomic E-state index is 12.8. The van der Waals surface area contributed by atoms with E-state index in [9.17, 15) is 13.2 Å². The number of rotatable bonds is 6. The molecule has 0 aliphatic carbocycles. The molecule has 0 saturated carbocycles. The number of likely N-dealkylation sites (N-methyl/N-ethyl adjacent to an activating group) is 1. The molecule has 1 aromatic rings. The molecular formula is C17H25N3O5S. The smallest absolute Gasteiger partial charge is 0.255 e. The maximum Gasteiger partial charge on any atom is 0.255 e.